The van der Waals surface area contributed by atoms with Crippen molar-refractivity contribution in [2.24, 2.45) is 0 Å². The molecule has 0 saturated carbocycles. The molecule has 0 atom stereocenters. The van der Waals surface area contributed by atoms with Crippen LogP contribution in [0.3, 0.4) is 0 Å². The fourth-order valence-electron chi connectivity index (χ4n) is 0.246. The maximum Gasteiger partial charge on any atom is 0.121 e. The van der Waals surface area contributed by atoms with Crippen LogP contribution in [0.2, 0.25) is 0 Å². The maximum atomic E-state index is 12.0. The van der Waals surface area contributed by atoms with E-state index in [1.54, 1.807) is 13.8 Å². The lowest BCUT2D eigenvalue weighted by Gasteiger charge is -1.86. The van der Waals surface area contributed by atoms with Crippen LogP contribution in [0.5, 0.6) is 0 Å². The predicted octanol–water partition coefficient (Wildman–Crippen LogP) is 2.44. The van der Waals surface area contributed by atoms with Crippen molar-refractivity contribution in [3.05, 3.63) is 24.1 Å². The predicted molar refractivity (Wildman–Crippen MR) is 29.7 cm³/mol. The van der Waals surface area contributed by atoms with E-state index >= 15 is 0 Å². The number of rotatable bonds is 1. The van der Waals surface area contributed by atoms with E-state index in [1.165, 1.54) is 6.08 Å². The minimum absolute atomic E-state index is 0.222. The van der Waals surface area contributed by atoms with Gasteiger partial charge in [0.05, 0.1) is 0 Å². The molecular formula is C6H9F. The van der Waals surface area contributed by atoms with Gasteiger partial charge in [0, 0.05) is 0 Å². The molecule has 0 nitrogen and oxygen atoms in total. The first-order valence-corrected chi connectivity index (χ1v) is 2.16. The standard InChI is InChI=1S/C6H9F/c1-4-6(7)5(2)3/h4H,2H2,1,3H3. The molecule has 0 spiro atoms. The molecule has 7 heavy (non-hydrogen) atoms. The second kappa shape index (κ2) is 2.56. The zero-order chi connectivity index (χ0) is 5.86. The van der Waals surface area contributed by atoms with Crippen molar-refractivity contribution in [3.8, 4) is 0 Å². The Hall–Kier alpha value is -0.590. The van der Waals surface area contributed by atoms with Crippen molar-refractivity contribution in [2.45, 2.75) is 13.8 Å². The van der Waals surface area contributed by atoms with Crippen molar-refractivity contribution in [3.63, 3.8) is 0 Å². The Balaban J connectivity index is 3.82. The third-order valence-electron chi connectivity index (χ3n) is 0.661. The Labute approximate surface area is 43.4 Å². The van der Waals surface area contributed by atoms with Crippen LogP contribution in [0, 0.1) is 0 Å². The Morgan fingerprint density at radius 1 is 1.71 bits per heavy atom. The summed E-state index contributed by atoms with van der Waals surface area (Å²) in [7, 11) is 0. The molecule has 0 aliphatic carbocycles. The summed E-state index contributed by atoms with van der Waals surface area (Å²) < 4.78 is 12.0. The Bertz CT molecular complexity index is 101. The first-order valence-electron chi connectivity index (χ1n) is 2.16. The quantitative estimate of drug-likeness (QED) is 0.444. The van der Waals surface area contributed by atoms with Crippen LogP contribution < -0.4 is 0 Å². The number of hydrogen-bond donors (Lipinski definition) is 0. The lowest BCUT2D eigenvalue weighted by molar-refractivity contribution is 0.650. The SMILES string of the molecule is C=C(C)C(F)=CC. The lowest BCUT2D eigenvalue weighted by Crippen LogP contribution is -1.68. The largest absolute Gasteiger partial charge is 0.207 e. The number of allylic oxidation sites excluding steroid dienone is 3. The van der Waals surface area contributed by atoms with Crippen LogP contribution in [0.25, 0.3) is 0 Å². The van der Waals surface area contributed by atoms with E-state index in [2.05, 4.69) is 6.58 Å². The third kappa shape index (κ3) is 2.15. The maximum absolute atomic E-state index is 12.0. The lowest BCUT2D eigenvalue weighted by atomic mass is 10.3. The first-order chi connectivity index (χ1) is 3.18. The van der Waals surface area contributed by atoms with Gasteiger partial charge in [0.15, 0.2) is 0 Å². The molecule has 0 N–H and O–H groups in total. The Morgan fingerprint density at radius 3 is 2.14 bits per heavy atom. The van der Waals surface area contributed by atoms with Crippen LogP contribution in [0.4, 0.5) is 4.39 Å². The first kappa shape index (κ1) is 6.41. The zero-order valence-corrected chi connectivity index (χ0v) is 4.66. The molecule has 0 aromatic rings. The smallest absolute Gasteiger partial charge is 0.121 e. The van der Waals surface area contributed by atoms with Gasteiger partial charge in [-0.3, -0.25) is 0 Å². The van der Waals surface area contributed by atoms with Crippen molar-refractivity contribution >= 4 is 0 Å². The van der Waals surface area contributed by atoms with Crippen LogP contribution >= 0.6 is 0 Å². The number of hydrogen-bond acceptors (Lipinski definition) is 0. The molecule has 0 unspecified atom stereocenters. The van der Waals surface area contributed by atoms with Crippen LogP contribution in [-0.2, 0) is 0 Å². The van der Waals surface area contributed by atoms with Gasteiger partial charge in [-0.25, -0.2) is 4.39 Å². The average Bonchev–Trinajstić information content (AvgIpc) is 1.65. The summed E-state index contributed by atoms with van der Waals surface area (Å²) in [6.45, 7) is 6.66. The van der Waals surface area contributed by atoms with E-state index in [0.717, 1.165) is 0 Å². The van der Waals surface area contributed by atoms with Gasteiger partial charge in [0.25, 0.3) is 0 Å². The molecule has 0 radical (unpaired) electrons. The molecule has 40 valence electrons. The molecule has 0 aromatic carbocycles. The third-order valence-corrected chi connectivity index (χ3v) is 0.661. The van der Waals surface area contributed by atoms with Gasteiger partial charge in [-0.2, -0.15) is 0 Å². The van der Waals surface area contributed by atoms with E-state index in [4.69, 9.17) is 0 Å². The van der Waals surface area contributed by atoms with Gasteiger partial charge in [-0.15, -0.1) is 0 Å². The molecule has 0 aliphatic rings. The normalized spacial score (nSPS) is 11.6. The highest BCUT2D eigenvalue weighted by molar-refractivity contribution is 5.17. The van der Waals surface area contributed by atoms with Gasteiger partial charge in [-0.05, 0) is 19.4 Å². The molecular weight excluding hydrogens is 91.1 g/mol. The summed E-state index contributed by atoms with van der Waals surface area (Å²) in [4.78, 5) is 0. The fraction of sp³-hybridized carbons (Fsp3) is 0.333. The summed E-state index contributed by atoms with van der Waals surface area (Å²) in [5.74, 6) is -0.222. The highest BCUT2D eigenvalue weighted by Gasteiger charge is 1.87. The topological polar surface area (TPSA) is 0 Å². The minimum Gasteiger partial charge on any atom is -0.207 e. The Kier molecular flexibility index (Phi) is 2.34. The summed E-state index contributed by atoms with van der Waals surface area (Å²) in [5, 5.41) is 0. The molecule has 1 heteroatoms. The monoisotopic (exact) mass is 100 g/mol. The van der Waals surface area contributed by atoms with Crippen molar-refractivity contribution in [2.75, 3.05) is 0 Å². The van der Waals surface area contributed by atoms with Crippen molar-refractivity contribution in [1.29, 1.82) is 0 Å². The molecule has 0 fully saturated rings. The van der Waals surface area contributed by atoms with Crippen LogP contribution in [-0.4, -0.2) is 0 Å². The molecule has 0 aromatic heterocycles. The second-order valence-electron chi connectivity index (χ2n) is 1.42. The average molecular weight is 100 g/mol. The molecule has 0 heterocycles. The molecule has 0 rings (SSSR count). The molecule has 0 aliphatic heterocycles. The summed E-state index contributed by atoms with van der Waals surface area (Å²) in [6, 6.07) is 0. The van der Waals surface area contributed by atoms with Crippen LogP contribution in [0.1, 0.15) is 13.8 Å². The fourth-order valence-corrected chi connectivity index (χ4v) is 0.246. The van der Waals surface area contributed by atoms with Gasteiger partial charge in [0.2, 0.25) is 0 Å². The van der Waals surface area contributed by atoms with Gasteiger partial charge in [-0.1, -0.05) is 12.7 Å². The van der Waals surface area contributed by atoms with E-state index in [-0.39, 0.29) is 5.83 Å². The van der Waals surface area contributed by atoms with E-state index < -0.39 is 0 Å². The van der Waals surface area contributed by atoms with Crippen molar-refractivity contribution < 1.29 is 4.39 Å². The summed E-state index contributed by atoms with van der Waals surface area (Å²) >= 11 is 0. The van der Waals surface area contributed by atoms with E-state index in [9.17, 15) is 4.39 Å². The van der Waals surface area contributed by atoms with Crippen molar-refractivity contribution in [1.82, 2.24) is 0 Å². The van der Waals surface area contributed by atoms with Gasteiger partial charge < -0.3 is 0 Å². The number of halogens is 1. The molecule has 0 amide bonds. The molecule has 0 saturated heterocycles. The minimum atomic E-state index is -0.222. The van der Waals surface area contributed by atoms with Gasteiger partial charge >= 0.3 is 0 Å². The summed E-state index contributed by atoms with van der Waals surface area (Å²) in [5.41, 5.74) is 0.488. The summed E-state index contributed by atoms with van der Waals surface area (Å²) in [6.07, 6.45) is 1.39. The van der Waals surface area contributed by atoms with E-state index in [1.807, 2.05) is 0 Å². The molecule has 0 bridgehead atoms. The van der Waals surface area contributed by atoms with E-state index in [0.29, 0.717) is 5.57 Å². The Morgan fingerprint density at radius 2 is 2.14 bits per heavy atom. The highest BCUT2D eigenvalue weighted by atomic mass is 19.1. The second-order valence-corrected chi connectivity index (χ2v) is 1.42. The van der Waals surface area contributed by atoms with Gasteiger partial charge in [0.1, 0.15) is 5.83 Å². The zero-order valence-electron chi connectivity index (χ0n) is 4.66. The van der Waals surface area contributed by atoms with Crippen LogP contribution in [0.15, 0.2) is 24.1 Å². The highest BCUT2D eigenvalue weighted by Crippen LogP contribution is 2.05.